The number of carbonyl (C=O) groups excluding carboxylic acids is 1. The molecule has 2 aromatic rings. The molecule has 0 atom stereocenters. The fraction of sp³-hybridized carbons (Fsp3) is 0.136. The standard InChI is InChI=1S/C22H19N3O7S/c1-14-17(22(28)25(23-14)15-6-8-16(9-7-15)33(29,30)31)10-11-20-24(13-12-21(26)27)18-4-2-3-5-19(18)32-20/h2-11H,12-13H2,1H3,(H,26,27)(H,29,30,31)/b17-10+,20-11-. The number of ether oxygens (including phenoxy) is 1. The third-order valence-electron chi connectivity index (χ3n) is 5.02. The van der Waals surface area contributed by atoms with Crippen molar-refractivity contribution in [1.29, 1.82) is 0 Å². The van der Waals surface area contributed by atoms with Crippen LogP contribution in [0.25, 0.3) is 0 Å². The summed E-state index contributed by atoms with van der Waals surface area (Å²) in [6.45, 7) is 1.84. The summed E-state index contributed by atoms with van der Waals surface area (Å²) in [7, 11) is -4.35. The van der Waals surface area contributed by atoms with E-state index in [4.69, 9.17) is 14.4 Å². The zero-order valence-corrected chi connectivity index (χ0v) is 18.2. The maximum Gasteiger partial charge on any atom is 0.305 e. The van der Waals surface area contributed by atoms with Crippen LogP contribution in [0, 0.1) is 0 Å². The van der Waals surface area contributed by atoms with Crippen LogP contribution in [0.15, 0.2) is 82.1 Å². The lowest BCUT2D eigenvalue weighted by molar-refractivity contribution is -0.136. The van der Waals surface area contributed by atoms with Crippen molar-refractivity contribution in [3.05, 3.63) is 72.1 Å². The first-order chi connectivity index (χ1) is 15.6. The first kappa shape index (κ1) is 22.2. The van der Waals surface area contributed by atoms with E-state index in [0.29, 0.717) is 28.6 Å². The van der Waals surface area contributed by atoms with Gasteiger partial charge in [0.2, 0.25) is 5.88 Å². The van der Waals surface area contributed by atoms with Gasteiger partial charge in [0.25, 0.3) is 16.0 Å². The summed E-state index contributed by atoms with van der Waals surface area (Å²) in [6.07, 6.45) is 3.03. The van der Waals surface area contributed by atoms with Crippen LogP contribution in [0.1, 0.15) is 13.3 Å². The number of carboxylic acid groups (broad SMARTS) is 1. The lowest BCUT2D eigenvalue weighted by atomic mass is 10.1. The summed E-state index contributed by atoms with van der Waals surface area (Å²) in [6, 6.07) is 12.3. The van der Waals surface area contributed by atoms with Gasteiger partial charge in [-0.1, -0.05) is 12.1 Å². The fourth-order valence-electron chi connectivity index (χ4n) is 3.41. The van der Waals surface area contributed by atoms with Crippen LogP contribution < -0.4 is 14.6 Å². The Morgan fingerprint density at radius 1 is 1.12 bits per heavy atom. The van der Waals surface area contributed by atoms with Crippen molar-refractivity contribution in [2.45, 2.75) is 18.2 Å². The van der Waals surface area contributed by atoms with Crippen molar-refractivity contribution >= 4 is 39.1 Å². The number of fused-ring (bicyclic) bond motifs is 1. The van der Waals surface area contributed by atoms with Crippen molar-refractivity contribution < 1.29 is 32.4 Å². The number of carbonyl (C=O) groups is 2. The molecule has 33 heavy (non-hydrogen) atoms. The molecule has 0 radical (unpaired) electrons. The number of allylic oxidation sites excluding steroid dienone is 2. The number of amides is 1. The maximum absolute atomic E-state index is 12.9. The highest BCUT2D eigenvalue weighted by molar-refractivity contribution is 7.85. The first-order valence-corrected chi connectivity index (χ1v) is 11.2. The van der Waals surface area contributed by atoms with Crippen molar-refractivity contribution in [3.8, 4) is 5.75 Å². The molecule has 1 amide bonds. The molecule has 0 bridgehead atoms. The average molecular weight is 469 g/mol. The highest BCUT2D eigenvalue weighted by Crippen LogP contribution is 2.38. The first-order valence-electron chi connectivity index (χ1n) is 9.81. The Balaban J connectivity index is 1.60. The number of hydrazone groups is 1. The van der Waals surface area contributed by atoms with Crippen LogP contribution in [0.3, 0.4) is 0 Å². The number of rotatable bonds is 6. The molecule has 2 aromatic carbocycles. The molecule has 2 aliphatic heterocycles. The van der Waals surface area contributed by atoms with Gasteiger partial charge in [-0.3, -0.25) is 14.1 Å². The number of nitrogens with zero attached hydrogens (tertiary/aromatic N) is 3. The van der Waals surface area contributed by atoms with Crippen LogP contribution in [0.2, 0.25) is 0 Å². The number of benzene rings is 2. The smallest absolute Gasteiger partial charge is 0.305 e. The van der Waals surface area contributed by atoms with Crippen molar-refractivity contribution in [1.82, 2.24) is 0 Å². The van der Waals surface area contributed by atoms with E-state index in [1.807, 2.05) is 12.1 Å². The van der Waals surface area contributed by atoms with Gasteiger partial charge in [0.1, 0.15) is 0 Å². The molecular weight excluding hydrogens is 450 g/mol. The predicted molar refractivity (Wildman–Crippen MR) is 120 cm³/mol. The summed E-state index contributed by atoms with van der Waals surface area (Å²) in [5.74, 6) is -0.420. The lowest BCUT2D eigenvalue weighted by Gasteiger charge is -2.16. The quantitative estimate of drug-likeness (QED) is 0.487. The van der Waals surface area contributed by atoms with E-state index in [1.54, 1.807) is 36.1 Å². The van der Waals surface area contributed by atoms with Gasteiger partial charge in [0.15, 0.2) is 5.75 Å². The van der Waals surface area contributed by atoms with E-state index in [0.717, 1.165) is 10.7 Å². The molecule has 0 unspecified atom stereocenters. The van der Waals surface area contributed by atoms with Gasteiger partial charge in [0.05, 0.1) is 34.0 Å². The number of anilines is 2. The summed E-state index contributed by atoms with van der Waals surface area (Å²) in [4.78, 5) is 25.4. The lowest BCUT2D eigenvalue weighted by Crippen LogP contribution is -2.23. The number of para-hydroxylation sites is 2. The molecule has 0 aromatic heterocycles. The topological polar surface area (TPSA) is 137 Å². The second-order valence-electron chi connectivity index (χ2n) is 7.22. The molecule has 0 saturated carbocycles. The third-order valence-corrected chi connectivity index (χ3v) is 5.89. The van der Waals surface area contributed by atoms with Crippen LogP contribution in [-0.4, -0.2) is 42.2 Å². The van der Waals surface area contributed by atoms with E-state index in [2.05, 4.69) is 5.10 Å². The third kappa shape index (κ3) is 4.49. The van der Waals surface area contributed by atoms with E-state index < -0.39 is 22.0 Å². The Hall–Kier alpha value is -3.96. The minimum Gasteiger partial charge on any atom is -0.481 e. The van der Waals surface area contributed by atoms with Crippen molar-refractivity contribution in [2.24, 2.45) is 5.10 Å². The summed E-state index contributed by atoms with van der Waals surface area (Å²) >= 11 is 0. The second-order valence-corrected chi connectivity index (χ2v) is 8.64. The molecule has 11 heteroatoms. The van der Waals surface area contributed by atoms with Crippen LogP contribution >= 0.6 is 0 Å². The van der Waals surface area contributed by atoms with Crippen LogP contribution in [0.5, 0.6) is 5.75 Å². The Morgan fingerprint density at radius 2 is 1.82 bits per heavy atom. The van der Waals surface area contributed by atoms with E-state index in [9.17, 15) is 18.0 Å². The minimum atomic E-state index is -4.35. The molecular formula is C22H19N3O7S. The van der Waals surface area contributed by atoms with Gasteiger partial charge >= 0.3 is 5.97 Å². The van der Waals surface area contributed by atoms with Crippen LogP contribution in [0.4, 0.5) is 11.4 Å². The zero-order chi connectivity index (χ0) is 23.8. The minimum absolute atomic E-state index is 0.0989. The number of aliphatic carboxylic acids is 1. The fourth-order valence-corrected chi connectivity index (χ4v) is 3.89. The Kier molecular flexibility index (Phi) is 5.75. The van der Waals surface area contributed by atoms with Crippen molar-refractivity contribution in [2.75, 3.05) is 16.5 Å². The summed E-state index contributed by atoms with van der Waals surface area (Å²) in [5.41, 5.74) is 1.78. The van der Waals surface area contributed by atoms with Gasteiger partial charge in [-0.25, -0.2) is 0 Å². The van der Waals surface area contributed by atoms with E-state index >= 15 is 0 Å². The molecule has 0 spiro atoms. The highest BCUT2D eigenvalue weighted by Gasteiger charge is 2.30. The molecule has 10 nitrogen and oxygen atoms in total. The van der Waals surface area contributed by atoms with Crippen LogP contribution in [-0.2, 0) is 19.7 Å². The normalized spacial score (nSPS) is 18.0. The number of carboxylic acids is 1. The molecule has 2 heterocycles. The van der Waals surface area contributed by atoms with Gasteiger partial charge in [-0.15, -0.1) is 0 Å². The van der Waals surface area contributed by atoms with Gasteiger partial charge in [-0.05, 0) is 55.5 Å². The predicted octanol–water partition coefficient (Wildman–Crippen LogP) is 2.80. The Bertz CT molecular complexity index is 1330. The van der Waals surface area contributed by atoms with Crippen molar-refractivity contribution in [3.63, 3.8) is 0 Å². The van der Waals surface area contributed by atoms with E-state index in [1.165, 1.54) is 24.3 Å². The SMILES string of the molecule is CC1=NN(c2ccc(S(=O)(=O)O)cc2)C(=O)/C1=C/C=C1\Oc2ccccc2N1CCC(=O)O. The summed E-state index contributed by atoms with van der Waals surface area (Å²) < 4.78 is 37.4. The highest BCUT2D eigenvalue weighted by atomic mass is 32.2. The van der Waals surface area contributed by atoms with E-state index in [-0.39, 0.29) is 17.9 Å². The van der Waals surface area contributed by atoms with Gasteiger partial charge < -0.3 is 14.7 Å². The maximum atomic E-state index is 12.9. The van der Waals surface area contributed by atoms with Gasteiger partial charge in [0, 0.05) is 6.54 Å². The molecule has 0 aliphatic carbocycles. The zero-order valence-electron chi connectivity index (χ0n) is 17.4. The molecule has 2 N–H and O–H groups in total. The summed E-state index contributed by atoms with van der Waals surface area (Å²) in [5, 5.41) is 14.4. The Morgan fingerprint density at radius 3 is 2.48 bits per heavy atom. The molecule has 170 valence electrons. The largest absolute Gasteiger partial charge is 0.481 e. The second kappa shape index (κ2) is 8.52. The molecule has 4 rings (SSSR count). The molecule has 0 saturated heterocycles. The Labute approximate surface area is 189 Å². The molecule has 0 fully saturated rings. The molecule has 2 aliphatic rings. The monoisotopic (exact) mass is 469 g/mol. The average Bonchev–Trinajstić information content (AvgIpc) is 3.26. The number of hydrogen-bond donors (Lipinski definition) is 2. The number of hydrogen-bond acceptors (Lipinski definition) is 7. The van der Waals surface area contributed by atoms with Gasteiger partial charge in [-0.2, -0.15) is 18.5 Å².